The Labute approximate surface area is 126 Å². The Kier molecular flexibility index (Phi) is 3.81. The van der Waals surface area contributed by atoms with Crippen molar-refractivity contribution in [1.29, 1.82) is 0 Å². The van der Waals surface area contributed by atoms with Crippen molar-refractivity contribution < 1.29 is 0 Å². The highest BCUT2D eigenvalue weighted by Gasteiger charge is 2.27. The minimum atomic E-state index is 0.0974. The summed E-state index contributed by atoms with van der Waals surface area (Å²) >= 11 is 0. The molecule has 1 N–H and O–H groups in total. The van der Waals surface area contributed by atoms with Crippen molar-refractivity contribution in [2.75, 3.05) is 6.54 Å². The third kappa shape index (κ3) is 3.16. The van der Waals surface area contributed by atoms with Gasteiger partial charge in [0.1, 0.15) is 0 Å². The molecular formula is C17H24N4. The highest BCUT2D eigenvalue weighted by Crippen LogP contribution is 2.32. The predicted octanol–water partition coefficient (Wildman–Crippen LogP) is 3.44. The van der Waals surface area contributed by atoms with Gasteiger partial charge in [-0.25, -0.2) is 0 Å². The number of nitrogens with zero attached hydrogens (tertiary/aromatic N) is 3. The van der Waals surface area contributed by atoms with Crippen LogP contribution < -0.4 is 0 Å². The van der Waals surface area contributed by atoms with Crippen LogP contribution in [0.4, 0.5) is 0 Å². The van der Waals surface area contributed by atoms with E-state index in [0.717, 1.165) is 18.8 Å². The molecule has 1 aliphatic heterocycles. The van der Waals surface area contributed by atoms with Gasteiger partial charge >= 0.3 is 0 Å². The maximum absolute atomic E-state index is 4.53. The second-order valence-electron chi connectivity index (χ2n) is 6.91. The first-order chi connectivity index (χ1) is 10.0. The Morgan fingerprint density at radius 2 is 2.19 bits per heavy atom. The fourth-order valence-electron chi connectivity index (χ4n) is 2.97. The molecule has 3 rings (SSSR count). The number of rotatable bonds is 3. The molecule has 0 bridgehead atoms. The zero-order valence-electron chi connectivity index (χ0n) is 13.1. The summed E-state index contributed by atoms with van der Waals surface area (Å²) in [6, 6.07) is 8.83. The monoisotopic (exact) mass is 284 g/mol. The second kappa shape index (κ2) is 5.60. The van der Waals surface area contributed by atoms with E-state index in [4.69, 9.17) is 0 Å². The van der Waals surface area contributed by atoms with Gasteiger partial charge in [0.05, 0.1) is 17.4 Å². The lowest BCUT2D eigenvalue weighted by Crippen LogP contribution is -2.23. The van der Waals surface area contributed by atoms with E-state index in [1.807, 2.05) is 12.3 Å². The molecule has 0 unspecified atom stereocenters. The van der Waals surface area contributed by atoms with Crippen molar-refractivity contribution in [2.24, 2.45) is 0 Å². The van der Waals surface area contributed by atoms with Crippen LogP contribution in [0, 0.1) is 0 Å². The normalized spacial score (nSPS) is 20.0. The molecule has 112 valence electrons. The topological polar surface area (TPSA) is 44.8 Å². The molecule has 0 spiro atoms. The third-order valence-electron chi connectivity index (χ3n) is 4.17. The fourth-order valence-corrected chi connectivity index (χ4v) is 2.97. The van der Waals surface area contributed by atoms with Gasteiger partial charge in [0.25, 0.3) is 0 Å². The van der Waals surface area contributed by atoms with E-state index < -0.39 is 0 Å². The van der Waals surface area contributed by atoms with Crippen LogP contribution in [0.25, 0.3) is 0 Å². The zero-order chi connectivity index (χ0) is 14.9. The van der Waals surface area contributed by atoms with Crippen LogP contribution >= 0.6 is 0 Å². The van der Waals surface area contributed by atoms with Crippen molar-refractivity contribution in [3.8, 4) is 0 Å². The maximum atomic E-state index is 4.53. The molecule has 2 aromatic heterocycles. The van der Waals surface area contributed by atoms with E-state index in [0.29, 0.717) is 6.04 Å². The van der Waals surface area contributed by atoms with E-state index in [1.54, 1.807) is 0 Å². The minimum absolute atomic E-state index is 0.0974. The average Bonchev–Trinajstić information content (AvgIpc) is 3.09. The maximum Gasteiger partial charge on any atom is 0.0678 e. The molecule has 1 aliphatic rings. The highest BCUT2D eigenvalue weighted by atomic mass is 15.2. The molecule has 0 aliphatic carbocycles. The Balaban J connectivity index is 1.73. The minimum Gasteiger partial charge on any atom is -0.289 e. The number of hydrogen-bond acceptors (Lipinski definition) is 3. The number of pyridine rings is 1. The first-order valence-corrected chi connectivity index (χ1v) is 7.74. The highest BCUT2D eigenvalue weighted by molar-refractivity contribution is 5.17. The van der Waals surface area contributed by atoms with E-state index in [1.165, 1.54) is 24.2 Å². The van der Waals surface area contributed by atoms with Gasteiger partial charge in [-0.15, -0.1) is 0 Å². The molecule has 1 saturated heterocycles. The van der Waals surface area contributed by atoms with Crippen LogP contribution in [0.1, 0.15) is 56.7 Å². The molecule has 1 atom stereocenters. The van der Waals surface area contributed by atoms with Crippen molar-refractivity contribution in [2.45, 2.75) is 51.6 Å². The van der Waals surface area contributed by atoms with E-state index in [2.05, 4.69) is 59.1 Å². The standard InChI is InChI=1S/C17H24N4/c1-17(2,3)16-11-13(19-20-16)12-21-10-6-8-15(21)14-7-4-5-9-18-14/h4-5,7,9,11,15H,6,8,10,12H2,1-3H3,(H,19,20)/t15-/m1/s1. The summed E-state index contributed by atoms with van der Waals surface area (Å²) in [6.45, 7) is 8.63. The summed E-state index contributed by atoms with van der Waals surface area (Å²) in [6.07, 6.45) is 4.32. The molecule has 1 fully saturated rings. The zero-order valence-corrected chi connectivity index (χ0v) is 13.1. The molecule has 4 heteroatoms. The van der Waals surface area contributed by atoms with E-state index in [9.17, 15) is 0 Å². The number of aromatic amines is 1. The van der Waals surface area contributed by atoms with Crippen LogP contribution in [-0.2, 0) is 12.0 Å². The summed E-state index contributed by atoms with van der Waals surface area (Å²) in [5, 5.41) is 7.66. The second-order valence-corrected chi connectivity index (χ2v) is 6.91. The van der Waals surface area contributed by atoms with Crippen LogP contribution in [0.5, 0.6) is 0 Å². The van der Waals surface area contributed by atoms with Gasteiger partial charge in [-0.1, -0.05) is 26.8 Å². The number of aromatic nitrogens is 3. The molecule has 0 saturated carbocycles. The number of hydrogen-bond donors (Lipinski definition) is 1. The molecule has 0 radical (unpaired) electrons. The smallest absolute Gasteiger partial charge is 0.0678 e. The molecule has 21 heavy (non-hydrogen) atoms. The Morgan fingerprint density at radius 3 is 2.86 bits per heavy atom. The Morgan fingerprint density at radius 1 is 1.33 bits per heavy atom. The average molecular weight is 284 g/mol. The quantitative estimate of drug-likeness (QED) is 0.939. The van der Waals surface area contributed by atoms with Crippen molar-refractivity contribution in [3.05, 3.63) is 47.5 Å². The Hall–Kier alpha value is -1.68. The summed E-state index contributed by atoms with van der Waals surface area (Å²) in [7, 11) is 0. The lowest BCUT2D eigenvalue weighted by Gasteiger charge is -2.23. The van der Waals surface area contributed by atoms with Crippen LogP contribution in [0.15, 0.2) is 30.5 Å². The van der Waals surface area contributed by atoms with E-state index >= 15 is 0 Å². The van der Waals surface area contributed by atoms with Gasteiger partial charge < -0.3 is 0 Å². The lowest BCUT2D eigenvalue weighted by atomic mass is 9.92. The molecule has 2 aromatic rings. The third-order valence-corrected chi connectivity index (χ3v) is 4.17. The van der Waals surface area contributed by atoms with Gasteiger partial charge in [-0.05, 0) is 37.6 Å². The summed E-state index contributed by atoms with van der Waals surface area (Å²) < 4.78 is 0. The van der Waals surface area contributed by atoms with Crippen molar-refractivity contribution >= 4 is 0 Å². The Bertz CT molecular complexity index is 582. The van der Waals surface area contributed by atoms with Crippen molar-refractivity contribution in [3.63, 3.8) is 0 Å². The number of likely N-dealkylation sites (tertiary alicyclic amines) is 1. The van der Waals surface area contributed by atoms with Gasteiger partial charge in [0, 0.05) is 23.9 Å². The van der Waals surface area contributed by atoms with Gasteiger partial charge in [-0.3, -0.25) is 15.0 Å². The lowest BCUT2D eigenvalue weighted by molar-refractivity contribution is 0.241. The van der Waals surface area contributed by atoms with Crippen molar-refractivity contribution in [1.82, 2.24) is 20.1 Å². The number of nitrogens with one attached hydrogen (secondary N) is 1. The van der Waals surface area contributed by atoms with Crippen LogP contribution in [0.3, 0.4) is 0 Å². The fraction of sp³-hybridized carbons (Fsp3) is 0.529. The predicted molar refractivity (Wildman–Crippen MR) is 83.9 cm³/mol. The van der Waals surface area contributed by atoms with Crippen LogP contribution in [0.2, 0.25) is 0 Å². The molecule has 0 aromatic carbocycles. The van der Waals surface area contributed by atoms with E-state index in [-0.39, 0.29) is 5.41 Å². The summed E-state index contributed by atoms with van der Waals surface area (Å²) in [5.74, 6) is 0. The SMILES string of the molecule is CC(C)(C)c1cc(CN2CCC[C@@H]2c2ccccn2)[nH]n1. The molecule has 0 amide bonds. The molecular weight excluding hydrogens is 260 g/mol. The summed E-state index contributed by atoms with van der Waals surface area (Å²) in [4.78, 5) is 7.03. The first-order valence-electron chi connectivity index (χ1n) is 7.74. The number of H-pyrrole nitrogens is 1. The van der Waals surface area contributed by atoms with Gasteiger partial charge in [0.2, 0.25) is 0 Å². The molecule has 3 heterocycles. The largest absolute Gasteiger partial charge is 0.289 e. The van der Waals surface area contributed by atoms with Gasteiger partial charge in [-0.2, -0.15) is 5.10 Å². The molecule has 4 nitrogen and oxygen atoms in total. The van der Waals surface area contributed by atoms with Gasteiger partial charge in [0.15, 0.2) is 0 Å². The van der Waals surface area contributed by atoms with Crippen LogP contribution in [-0.4, -0.2) is 26.6 Å². The first kappa shape index (κ1) is 14.3. The summed E-state index contributed by atoms with van der Waals surface area (Å²) in [5.41, 5.74) is 3.61.